The van der Waals surface area contributed by atoms with Gasteiger partial charge in [0.05, 0.1) is 10.9 Å². The van der Waals surface area contributed by atoms with Crippen LogP contribution in [0.15, 0.2) is 109 Å². The van der Waals surface area contributed by atoms with E-state index in [-0.39, 0.29) is 10.9 Å². The summed E-state index contributed by atoms with van der Waals surface area (Å²) in [6.07, 6.45) is 2.91. The molecule has 0 saturated carbocycles. The monoisotopic (exact) mass is 688 g/mol. The molecule has 3 aliphatic heterocycles. The molecule has 1 saturated heterocycles. The van der Waals surface area contributed by atoms with Crippen LogP contribution in [-0.2, 0) is 12.8 Å². The van der Waals surface area contributed by atoms with Crippen LogP contribution in [0.5, 0.6) is 0 Å². The molecule has 0 N–H and O–H groups in total. The molecule has 8 aromatic carbocycles. The molecular weight excluding hydrogens is 657 g/mol. The highest BCUT2D eigenvalue weighted by molar-refractivity contribution is 8.14. The summed E-state index contributed by atoms with van der Waals surface area (Å²) in [7, 11) is -0.335. The molecule has 1 fully saturated rings. The number of nitrogens with zero attached hydrogens (tertiary/aromatic N) is 4. The van der Waals surface area contributed by atoms with E-state index >= 15 is 0 Å². The second-order valence-corrected chi connectivity index (χ2v) is 16.1. The van der Waals surface area contributed by atoms with Crippen LogP contribution in [0.3, 0.4) is 0 Å². The van der Waals surface area contributed by atoms with Crippen LogP contribution in [0.25, 0.3) is 64.6 Å². The summed E-state index contributed by atoms with van der Waals surface area (Å²) in [4.78, 5) is 4.77. The van der Waals surface area contributed by atoms with Gasteiger partial charge >= 0.3 is 0 Å². The Labute approximate surface area is 297 Å². The van der Waals surface area contributed by atoms with Gasteiger partial charge in [0.1, 0.15) is 0 Å². The lowest BCUT2D eigenvalue weighted by molar-refractivity contribution is 0.392. The zero-order valence-corrected chi connectivity index (χ0v) is 29.3. The van der Waals surface area contributed by atoms with Gasteiger partial charge in [0.2, 0.25) is 0 Å². The van der Waals surface area contributed by atoms with Crippen molar-refractivity contribution in [3.8, 4) is 0 Å². The van der Waals surface area contributed by atoms with E-state index in [2.05, 4.69) is 128 Å². The molecule has 7 heteroatoms. The molecule has 0 aliphatic carbocycles. The van der Waals surface area contributed by atoms with Crippen molar-refractivity contribution in [1.82, 2.24) is 18.4 Å². The van der Waals surface area contributed by atoms with E-state index in [9.17, 15) is 0 Å². The standard InChI is InChI=1S/C42H32N4S3/c47-40-43-22-3-23-44-41(48)46(25-21-27-9-11-33-15-13-29-5-2-7-31-17-19-35(27)39(33)37(29)31)49(42(43)44)45(40)24-20-26-8-10-32-14-12-28-4-1-6-30-16-18-34(26)38(32)36(28)30/h1-2,4-19H,3,20-25H2. The smallest absolute Gasteiger partial charge is 0.188 e. The molecule has 238 valence electrons. The second kappa shape index (κ2) is 10.5. The maximum atomic E-state index is 6.26. The van der Waals surface area contributed by atoms with E-state index in [4.69, 9.17) is 24.4 Å². The molecule has 4 nitrogen and oxygen atoms in total. The molecule has 0 spiro atoms. The van der Waals surface area contributed by atoms with E-state index in [0.29, 0.717) is 0 Å². The highest BCUT2D eigenvalue weighted by Gasteiger charge is 2.48. The Hall–Kier alpha value is -4.56. The molecule has 0 atom stereocenters. The van der Waals surface area contributed by atoms with Gasteiger partial charge in [0, 0.05) is 26.2 Å². The molecule has 0 aromatic heterocycles. The van der Waals surface area contributed by atoms with Gasteiger partial charge in [0.25, 0.3) is 0 Å². The maximum absolute atomic E-state index is 6.26. The van der Waals surface area contributed by atoms with Gasteiger partial charge in [-0.15, -0.1) is 0 Å². The number of rotatable bonds is 6. The van der Waals surface area contributed by atoms with Crippen molar-refractivity contribution in [1.29, 1.82) is 0 Å². The molecule has 3 aliphatic rings. The predicted octanol–water partition coefficient (Wildman–Crippen LogP) is 9.66. The van der Waals surface area contributed by atoms with Gasteiger partial charge in [-0.25, -0.2) is 0 Å². The SMILES string of the molecule is S=C1N2CCCN3C(=S)N(CCc4ccc5ccc6cccc7ccc4c5c67)S(=C23)N1CCc1ccc2ccc3cccc4ccc1c2c34. The Kier molecular flexibility index (Phi) is 6.05. The number of benzene rings is 8. The third-order valence-electron chi connectivity index (χ3n) is 11.1. The van der Waals surface area contributed by atoms with E-state index in [0.717, 1.165) is 55.7 Å². The molecule has 0 unspecified atom stereocenters. The summed E-state index contributed by atoms with van der Waals surface area (Å²) in [5.74, 6) is 0. The summed E-state index contributed by atoms with van der Waals surface area (Å²) in [6, 6.07) is 40.8. The fourth-order valence-electron chi connectivity index (χ4n) is 8.84. The van der Waals surface area contributed by atoms with Gasteiger partial charge in [-0.2, -0.15) is 0 Å². The Bertz CT molecular complexity index is 2520. The molecule has 0 amide bonds. The van der Waals surface area contributed by atoms with Crippen molar-refractivity contribution >= 4 is 115 Å². The van der Waals surface area contributed by atoms with Crippen molar-refractivity contribution in [3.05, 3.63) is 120 Å². The van der Waals surface area contributed by atoms with Crippen LogP contribution in [0.4, 0.5) is 0 Å². The minimum atomic E-state index is -0.335. The summed E-state index contributed by atoms with van der Waals surface area (Å²) in [6.45, 7) is 3.65. The third-order valence-corrected chi connectivity index (χ3v) is 14.5. The van der Waals surface area contributed by atoms with Crippen molar-refractivity contribution in [2.45, 2.75) is 19.3 Å². The van der Waals surface area contributed by atoms with E-state index in [1.54, 1.807) is 0 Å². The normalized spacial score (nSPS) is 16.9. The lowest BCUT2D eigenvalue weighted by atomic mass is 9.91. The van der Waals surface area contributed by atoms with Gasteiger partial charge < -0.3 is 0 Å². The van der Waals surface area contributed by atoms with Crippen LogP contribution < -0.4 is 0 Å². The Morgan fingerprint density at radius 1 is 0.469 bits per heavy atom. The molecule has 3 heterocycles. The average Bonchev–Trinajstić information content (AvgIpc) is 3.59. The Morgan fingerprint density at radius 2 is 0.857 bits per heavy atom. The van der Waals surface area contributed by atoms with Crippen molar-refractivity contribution < 1.29 is 0 Å². The van der Waals surface area contributed by atoms with Gasteiger partial charge in [0.15, 0.2) is 15.3 Å². The highest BCUT2D eigenvalue weighted by atomic mass is 32.2. The summed E-state index contributed by atoms with van der Waals surface area (Å²) >= 11 is 12.5. The molecule has 0 radical (unpaired) electrons. The number of hydrogen-bond acceptors (Lipinski definition) is 2. The topological polar surface area (TPSA) is 13.0 Å². The molecule has 11 rings (SSSR count). The van der Waals surface area contributed by atoms with E-state index in [1.165, 1.54) is 80.9 Å². The average molecular weight is 689 g/mol. The first kappa shape index (κ1) is 28.3. The highest BCUT2D eigenvalue weighted by Crippen LogP contribution is 2.45. The first-order valence-electron chi connectivity index (χ1n) is 17.2. The lowest BCUT2D eigenvalue weighted by Gasteiger charge is -2.37. The lowest BCUT2D eigenvalue weighted by Crippen LogP contribution is -2.53. The zero-order chi connectivity index (χ0) is 32.4. The molecule has 0 bridgehead atoms. The van der Waals surface area contributed by atoms with Crippen LogP contribution in [0, 0.1) is 0 Å². The van der Waals surface area contributed by atoms with Crippen LogP contribution in [-0.4, -0.2) is 59.9 Å². The fourth-order valence-corrected chi connectivity index (χ4v) is 12.3. The molecular formula is C42H32N4S3. The Balaban J connectivity index is 0.943. The van der Waals surface area contributed by atoms with Crippen molar-refractivity contribution in [2.75, 3.05) is 26.2 Å². The second-order valence-electron chi connectivity index (χ2n) is 13.6. The van der Waals surface area contributed by atoms with Crippen LogP contribution in [0.1, 0.15) is 17.5 Å². The summed E-state index contributed by atoms with van der Waals surface area (Å²) in [5, 5.41) is 19.3. The van der Waals surface area contributed by atoms with E-state index in [1.807, 2.05) is 0 Å². The van der Waals surface area contributed by atoms with Crippen LogP contribution >= 0.6 is 35.3 Å². The minimum absolute atomic E-state index is 0.335. The van der Waals surface area contributed by atoms with Crippen molar-refractivity contribution in [3.63, 3.8) is 0 Å². The molecule has 8 aromatic rings. The fraction of sp³-hybridized carbons (Fsp3) is 0.167. The predicted molar refractivity (Wildman–Crippen MR) is 217 cm³/mol. The minimum Gasteiger partial charge on any atom is -0.296 e. The van der Waals surface area contributed by atoms with Crippen molar-refractivity contribution in [2.24, 2.45) is 0 Å². The first-order chi connectivity index (χ1) is 24.1. The number of hydrogen-bond donors (Lipinski definition) is 0. The van der Waals surface area contributed by atoms with Crippen LogP contribution in [0.2, 0.25) is 0 Å². The third kappa shape index (κ3) is 3.95. The van der Waals surface area contributed by atoms with Gasteiger partial charge in [-0.05, 0) is 119 Å². The van der Waals surface area contributed by atoms with Gasteiger partial charge in [-0.3, -0.25) is 18.4 Å². The Morgan fingerprint density at radius 3 is 1.31 bits per heavy atom. The first-order valence-corrected chi connectivity index (χ1v) is 19.2. The largest absolute Gasteiger partial charge is 0.296 e. The molecule has 49 heavy (non-hydrogen) atoms. The zero-order valence-electron chi connectivity index (χ0n) is 26.9. The summed E-state index contributed by atoms with van der Waals surface area (Å²) in [5.41, 5.74) is 2.76. The van der Waals surface area contributed by atoms with Gasteiger partial charge in [-0.1, -0.05) is 109 Å². The quantitative estimate of drug-likeness (QED) is 0.127. The summed E-state index contributed by atoms with van der Waals surface area (Å²) < 4.78 is 4.98. The number of thiocarbonyl (C=S) groups is 2. The van der Waals surface area contributed by atoms with E-state index < -0.39 is 0 Å². The maximum Gasteiger partial charge on any atom is 0.188 e.